The highest BCUT2D eigenvalue weighted by Crippen LogP contribution is 2.35. The van der Waals surface area contributed by atoms with Gasteiger partial charge in [-0.25, -0.2) is 4.79 Å². The number of nitrogens with zero attached hydrogens (tertiary/aromatic N) is 3. The molecule has 5 atom stereocenters. The number of azide groups is 1. The van der Waals surface area contributed by atoms with Gasteiger partial charge in [0.1, 0.15) is 0 Å². The maximum Gasteiger partial charge on any atom is 0.335 e. The van der Waals surface area contributed by atoms with Gasteiger partial charge in [-0.1, -0.05) is 25.9 Å². The topological polar surface area (TPSA) is 84.3 Å². The van der Waals surface area contributed by atoms with E-state index >= 15 is 0 Å². The third-order valence-electron chi connectivity index (χ3n) is 3.89. The molecule has 1 unspecified atom stereocenters. The molecule has 6 nitrogen and oxygen atoms in total. The minimum Gasteiger partial charge on any atom is -0.464 e. The van der Waals surface area contributed by atoms with E-state index in [1.54, 1.807) is 6.92 Å². The van der Waals surface area contributed by atoms with Crippen LogP contribution < -0.4 is 0 Å². The monoisotopic (exact) mass is 255 g/mol. The molecule has 1 saturated heterocycles. The number of hydrogen-bond donors (Lipinski definition) is 0. The second kappa shape index (κ2) is 6.61. The molecular weight excluding hydrogens is 234 g/mol. The highest BCUT2D eigenvalue weighted by Gasteiger charge is 2.42. The van der Waals surface area contributed by atoms with Gasteiger partial charge in [0.25, 0.3) is 0 Å². The number of esters is 1. The van der Waals surface area contributed by atoms with Crippen LogP contribution in [0.4, 0.5) is 0 Å². The van der Waals surface area contributed by atoms with Crippen LogP contribution in [0.2, 0.25) is 0 Å². The van der Waals surface area contributed by atoms with Crippen molar-refractivity contribution < 1.29 is 14.3 Å². The fraction of sp³-hybridized carbons (Fsp3) is 0.917. The molecule has 0 aromatic rings. The highest BCUT2D eigenvalue weighted by molar-refractivity contribution is 5.75. The molecule has 1 aliphatic rings. The van der Waals surface area contributed by atoms with Gasteiger partial charge in [-0.05, 0) is 30.2 Å². The van der Waals surface area contributed by atoms with Crippen LogP contribution in [-0.4, -0.2) is 31.3 Å². The van der Waals surface area contributed by atoms with Gasteiger partial charge in [0.2, 0.25) is 0 Å². The first-order valence-electron chi connectivity index (χ1n) is 6.35. The van der Waals surface area contributed by atoms with E-state index in [0.29, 0.717) is 12.5 Å². The van der Waals surface area contributed by atoms with Crippen LogP contribution in [0.1, 0.15) is 27.7 Å². The number of carbonyl (C=O) groups is 1. The molecule has 6 heteroatoms. The molecule has 0 aromatic carbocycles. The molecule has 0 N–H and O–H groups in total. The van der Waals surface area contributed by atoms with Gasteiger partial charge >= 0.3 is 5.97 Å². The average Bonchev–Trinajstić information content (AvgIpc) is 2.35. The first-order chi connectivity index (χ1) is 8.52. The van der Waals surface area contributed by atoms with Crippen molar-refractivity contribution in [2.75, 3.05) is 13.2 Å². The molecule has 0 spiro atoms. The molecule has 0 saturated carbocycles. The van der Waals surface area contributed by atoms with Gasteiger partial charge in [0.15, 0.2) is 6.10 Å². The predicted octanol–water partition coefficient (Wildman–Crippen LogP) is 2.54. The van der Waals surface area contributed by atoms with Crippen LogP contribution in [0.3, 0.4) is 0 Å². The van der Waals surface area contributed by atoms with Gasteiger partial charge in [0.05, 0.1) is 19.3 Å². The molecule has 1 fully saturated rings. The van der Waals surface area contributed by atoms with Gasteiger partial charge < -0.3 is 9.47 Å². The van der Waals surface area contributed by atoms with Crippen LogP contribution in [0.15, 0.2) is 5.11 Å². The Morgan fingerprint density at radius 3 is 2.56 bits per heavy atom. The zero-order valence-electron chi connectivity index (χ0n) is 11.4. The first kappa shape index (κ1) is 14.8. The quantitative estimate of drug-likeness (QED) is 0.335. The third-order valence-corrected chi connectivity index (χ3v) is 3.89. The van der Waals surface area contributed by atoms with E-state index in [0.717, 1.165) is 0 Å². The van der Waals surface area contributed by atoms with Crippen LogP contribution >= 0.6 is 0 Å². The third kappa shape index (κ3) is 3.15. The fourth-order valence-electron chi connectivity index (χ4n) is 2.35. The molecule has 1 rings (SSSR count). The van der Waals surface area contributed by atoms with Crippen LogP contribution in [-0.2, 0) is 14.3 Å². The molecular formula is C12H21N3O3. The summed E-state index contributed by atoms with van der Waals surface area (Å²) in [6.07, 6.45) is -0.781. The second-order valence-electron chi connectivity index (χ2n) is 4.84. The molecule has 102 valence electrons. The maximum absolute atomic E-state index is 11.8. The molecule has 0 aliphatic carbocycles. The Kier molecular flexibility index (Phi) is 5.44. The zero-order chi connectivity index (χ0) is 13.7. The lowest BCUT2D eigenvalue weighted by Gasteiger charge is -2.42. The summed E-state index contributed by atoms with van der Waals surface area (Å²) in [5, 5.41) is 3.55. The van der Waals surface area contributed by atoms with Gasteiger partial charge in [-0.15, -0.1) is 0 Å². The van der Waals surface area contributed by atoms with E-state index in [-0.39, 0.29) is 30.5 Å². The summed E-state index contributed by atoms with van der Waals surface area (Å²) >= 11 is 0. The van der Waals surface area contributed by atoms with Crippen LogP contribution in [0.25, 0.3) is 10.4 Å². The fourth-order valence-corrected chi connectivity index (χ4v) is 2.35. The normalized spacial score (nSPS) is 35.7. The summed E-state index contributed by atoms with van der Waals surface area (Å²) in [6.45, 7) is 8.51. The second-order valence-corrected chi connectivity index (χ2v) is 4.84. The lowest BCUT2D eigenvalue weighted by atomic mass is 9.76. The number of rotatable bonds is 4. The highest BCUT2D eigenvalue weighted by atomic mass is 16.6. The van der Waals surface area contributed by atoms with Crippen LogP contribution in [0.5, 0.6) is 0 Å². The summed E-state index contributed by atoms with van der Waals surface area (Å²) in [7, 11) is 0. The van der Waals surface area contributed by atoms with E-state index in [1.807, 2.05) is 6.92 Å². The zero-order valence-corrected chi connectivity index (χ0v) is 11.4. The van der Waals surface area contributed by atoms with Crippen LogP contribution in [0, 0.1) is 17.8 Å². The van der Waals surface area contributed by atoms with Crippen molar-refractivity contribution in [3.63, 3.8) is 0 Å². The Morgan fingerprint density at radius 1 is 1.33 bits per heavy atom. The molecule has 1 heterocycles. The molecule has 0 radical (unpaired) electrons. The lowest BCUT2D eigenvalue weighted by molar-refractivity contribution is -0.182. The molecule has 18 heavy (non-hydrogen) atoms. The summed E-state index contributed by atoms with van der Waals surface area (Å²) in [4.78, 5) is 14.6. The van der Waals surface area contributed by atoms with Crippen molar-refractivity contribution in [2.24, 2.45) is 22.9 Å². The molecule has 0 amide bonds. The van der Waals surface area contributed by atoms with Gasteiger partial charge in [0, 0.05) is 4.91 Å². The summed E-state index contributed by atoms with van der Waals surface area (Å²) in [5.74, 6) is 0.333. The predicted molar refractivity (Wildman–Crippen MR) is 66.8 cm³/mol. The lowest BCUT2D eigenvalue weighted by Crippen LogP contribution is -2.49. The summed E-state index contributed by atoms with van der Waals surface area (Å²) in [5.41, 5.74) is 8.37. The van der Waals surface area contributed by atoms with Crippen molar-refractivity contribution in [1.82, 2.24) is 0 Å². The van der Waals surface area contributed by atoms with E-state index in [4.69, 9.17) is 15.0 Å². The molecule has 0 bridgehead atoms. The number of carbonyl (C=O) groups excluding carboxylic acids is 1. The first-order valence-corrected chi connectivity index (χ1v) is 6.35. The molecule has 1 aliphatic heterocycles. The van der Waals surface area contributed by atoms with Crippen molar-refractivity contribution >= 4 is 5.97 Å². The SMILES string of the molecule is CCOC(=O)C1O[C@H](CN=[N+]=[N-])[C@@H](C)[C@H](C)[C@H]1C. The van der Waals surface area contributed by atoms with Gasteiger partial charge in [-0.2, -0.15) is 0 Å². The van der Waals surface area contributed by atoms with Crippen molar-refractivity contribution in [3.8, 4) is 0 Å². The van der Waals surface area contributed by atoms with Crippen molar-refractivity contribution in [1.29, 1.82) is 0 Å². The van der Waals surface area contributed by atoms with Crippen molar-refractivity contribution in [2.45, 2.75) is 39.9 Å². The Morgan fingerprint density at radius 2 is 2.00 bits per heavy atom. The maximum atomic E-state index is 11.8. The van der Waals surface area contributed by atoms with Gasteiger partial charge in [-0.3, -0.25) is 0 Å². The van der Waals surface area contributed by atoms with E-state index in [1.165, 1.54) is 0 Å². The minimum absolute atomic E-state index is 0.0985. The number of hydrogen-bond acceptors (Lipinski definition) is 4. The van der Waals surface area contributed by atoms with E-state index < -0.39 is 6.10 Å². The Bertz CT molecular complexity index is 341. The summed E-state index contributed by atoms with van der Waals surface area (Å²) < 4.78 is 10.8. The average molecular weight is 255 g/mol. The van der Waals surface area contributed by atoms with E-state index in [2.05, 4.69) is 23.9 Å². The summed E-state index contributed by atoms with van der Waals surface area (Å²) in [6, 6.07) is 0. The standard InChI is InChI=1S/C12H21N3O3/c1-5-17-12(16)11-9(4)7(2)8(3)10(18-11)6-14-15-13/h7-11H,5-6H2,1-4H3/t7-,8-,9+,10+,11?/m0/s1. The largest absolute Gasteiger partial charge is 0.464 e. The number of ether oxygens (including phenoxy) is 2. The Balaban J connectivity index is 2.79. The smallest absolute Gasteiger partial charge is 0.335 e. The Hall–Kier alpha value is -1.26. The van der Waals surface area contributed by atoms with Crippen molar-refractivity contribution in [3.05, 3.63) is 10.4 Å². The Labute approximate surface area is 107 Å². The van der Waals surface area contributed by atoms with E-state index in [9.17, 15) is 4.79 Å². The molecule has 0 aromatic heterocycles. The minimum atomic E-state index is -0.560.